The third kappa shape index (κ3) is 5.56. The largest absolute Gasteiger partial charge is 0.489 e. The van der Waals surface area contributed by atoms with Crippen LogP contribution in [0.1, 0.15) is 42.7 Å². The molecule has 10 nitrogen and oxygen atoms in total. The molecule has 1 amide bonds. The van der Waals surface area contributed by atoms with Crippen molar-refractivity contribution in [2.24, 2.45) is 11.8 Å². The van der Waals surface area contributed by atoms with Crippen LogP contribution in [0.5, 0.6) is 5.75 Å². The van der Waals surface area contributed by atoms with Crippen LogP contribution in [0.4, 0.5) is 5.82 Å². The number of rotatable bonds is 7. The Kier molecular flexibility index (Phi) is 7.01. The molecule has 0 radical (unpaired) electrons. The number of ether oxygens (including phenoxy) is 1. The van der Waals surface area contributed by atoms with E-state index in [1.54, 1.807) is 42.9 Å². The van der Waals surface area contributed by atoms with Gasteiger partial charge in [0.05, 0.1) is 34.1 Å². The van der Waals surface area contributed by atoms with E-state index in [0.717, 1.165) is 42.9 Å². The van der Waals surface area contributed by atoms with Crippen molar-refractivity contribution < 1.29 is 14.6 Å². The molecule has 41 heavy (non-hydrogen) atoms. The lowest BCUT2D eigenvalue weighted by molar-refractivity contribution is 0.0283. The summed E-state index contributed by atoms with van der Waals surface area (Å²) in [5, 5.41) is 27.5. The molecule has 0 bridgehead atoms. The van der Waals surface area contributed by atoms with Crippen LogP contribution < -0.4 is 15.0 Å². The number of hydrogen-bond donors (Lipinski definition) is 2. The summed E-state index contributed by atoms with van der Waals surface area (Å²) in [5.41, 5.74) is 2.01. The van der Waals surface area contributed by atoms with E-state index >= 15 is 0 Å². The normalized spacial score (nSPS) is 20.2. The summed E-state index contributed by atoms with van der Waals surface area (Å²) in [5.74, 6) is 2.13. The van der Waals surface area contributed by atoms with E-state index in [-0.39, 0.29) is 24.2 Å². The summed E-state index contributed by atoms with van der Waals surface area (Å²) in [6, 6.07) is 11.6. The predicted octanol–water partition coefficient (Wildman–Crippen LogP) is 4.11. The molecule has 0 spiro atoms. The lowest BCUT2D eigenvalue weighted by atomic mass is 10.0. The van der Waals surface area contributed by atoms with Crippen molar-refractivity contribution in [1.82, 2.24) is 24.9 Å². The zero-order chi connectivity index (χ0) is 28.7. The second-order valence-electron chi connectivity index (χ2n) is 11.5. The molecule has 1 aliphatic carbocycles. The maximum atomic E-state index is 12.7. The number of fused-ring (bicyclic) bond motifs is 2. The summed E-state index contributed by atoms with van der Waals surface area (Å²) in [7, 11) is 0. The van der Waals surface area contributed by atoms with Gasteiger partial charge in [-0.3, -0.25) is 4.79 Å². The van der Waals surface area contributed by atoms with Crippen molar-refractivity contribution in [2.45, 2.75) is 38.3 Å². The molecule has 0 unspecified atom stereocenters. The second-order valence-corrected chi connectivity index (χ2v) is 11.9. The Bertz CT molecular complexity index is 1630. The standard InChI is InChI=1S/C30H30ClN7O3/c1-30(2,40)17-41-23-10-24(28-21(11-32)13-35-38(28)16-23)18-5-6-26(34-12-18)37-14-19-8-22(9-20(19)15-37)36-29(39)27-25(31)4-3-7-33-27/h3-7,10,12-13,16,19-20,22,40H,8-9,14-15,17H2,1-2H3,(H,36,39)/t19-,20+,22-. The highest BCUT2D eigenvalue weighted by Gasteiger charge is 2.42. The first kappa shape index (κ1) is 27.0. The molecule has 1 aliphatic heterocycles. The fraction of sp³-hybridized carbons (Fsp3) is 0.367. The summed E-state index contributed by atoms with van der Waals surface area (Å²) in [6.45, 7) is 5.22. The van der Waals surface area contributed by atoms with Gasteiger partial charge in [0.2, 0.25) is 0 Å². The molecule has 11 heteroatoms. The van der Waals surface area contributed by atoms with Crippen LogP contribution in [0, 0.1) is 23.2 Å². The minimum atomic E-state index is -0.993. The fourth-order valence-electron chi connectivity index (χ4n) is 5.88. The SMILES string of the molecule is CC(C)(O)COc1cc(-c2ccc(N3C[C@H]4C[C@@H](NC(=O)c5ncccc5Cl)C[C@H]4C3)nc2)c2c(C#N)cnn2c1. The van der Waals surface area contributed by atoms with Crippen LogP contribution in [-0.2, 0) is 0 Å². The summed E-state index contributed by atoms with van der Waals surface area (Å²) >= 11 is 6.14. The van der Waals surface area contributed by atoms with E-state index in [1.165, 1.54) is 6.20 Å². The number of aliphatic hydroxyl groups is 1. The summed E-state index contributed by atoms with van der Waals surface area (Å²) < 4.78 is 7.46. The third-order valence-electron chi connectivity index (χ3n) is 7.74. The number of pyridine rings is 3. The molecule has 2 fully saturated rings. The molecule has 5 heterocycles. The van der Waals surface area contributed by atoms with Gasteiger partial charge in [0, 0.05) is 42.7 Å². The van der Waals surface area contributed by atoms with Crippen LogP contribution in [0.2, 0.25) is 5.02 Å². The molecule has 210 valence electrons. The summed E-state index contributed by atoms with van der Waals surface area (Å²) in [4.78, 5) is 23.9. The molecule has 2 N–H and O–H groups in total. The lowest BCUT2D eigenvalue weighted by Gasteiger charge is -2.21. The van der Waals surface area contributed by atoms with Gasteiger partial charge in [0.25, 0.3) is 5.91 Å². The topological polar surface area (TPSA) is 129 Å². The number of amides is 1. The van der Waals surface area contributed by atoms with Gasteiger partial charge in [0.15, 0.2) is 0 Å². The first-order valence-corrected chi connectivity index (χ1v) is 14.0. The highest BCUT2D eigenvalue weighted by molar-refractivity contribution is 6.33. The van der Waals surface area contributed by atoms with Crippen molar-refractivity contribution >= 4 is 28.8 Å². The average Bonchev–Trinajstić information content (AvgIpc) is 3.64. The molecular formula is C30H30ClN7O3. The van der Waals surface area contributed by atoms with E-state index in [9.17, 15) is 15.2 Å². The van der Waals surface area contributed by atoms with Crippen LogP contribution in [0.25, 0.3) is 16.6 Å². The number of carbonyl (C=O) groups is 1. The zero-order valence-electron chi connectivity index (χ0n) is 22.8. The Morgan fingerprint density at radius 1 is 1.22 bits per heavy atom. The first-order chi connectivity index (χ1) is 19.7. The monoisotopic (exact) mass is 571 g/mol. The number of anilines is 1. The Balaban J connectivity index is 1.15. The van der Waals surface area contributed by atoms with Gasteiger partial charge in [-0.1, -0.05) is 11.6 Å². The van der Waals surface area contributed by atoms with Crippen LogP contribution in [0.3, 0.4) is 0 Å². The van der Waals surface area contributed by atoms with Gasteiger partial charge in [-0.15, -0.1) is 0 Å². The van der Waals surface area contributed by atoms with Gasteiger partial charge in [0.1, 0.15) is 29.9 Å². The molecule has 2 aliphatic rings. The second kappa shape index (κ2) is 10.7. The van der Waals surface area contributed by atoms with Crippen molar-refractivity contribution in [3.8, 4) is 22.9 Å². The molecular weight excluding hydrogens is 542 g/mol. The highest BCUT2D eigenvalue weighted by atomic mass is 35.5. The Labute approximate surface area is 242 Å². The van der Waals surface area contributed by atoms with Crippen LogP contribution >= 0.6 is 11.6 Å². The number of halogens is 1. The van der Waals surface area contributed by atoms with E-state index in [2.05, 4.69) is 26.4 Å². The molecule has 4 aromatic rings. The van der Waals surface area contributed by atoms with Crippen LogP contribution in [0.15, 0.2) is 55.1 Å². The Morgan fingerprint density at radius 2 is 2.00 bits per heavy atom. The van der Waals surface area contributed by atoms with E-state index in [1.807, 2.05) is 24.4 Å². The van der Waals surface area contributed by atoms with Gasteiger partial charge >= 0.3 is 0 Å². The average molecular weight is 572 g/mol. The summed E-state index contributed by atoms with van der Waals surface area (Å²) in [6.07, 6.45) is 8.43. The van der Waals surface area contributed by atoms with Gasteiger partial charge in [-0.25, -0.2) is 14.5 Å². The number of carbonyl (C=O) groups excluding carboxylic acids is 1. The molecule has 1 saturated carbocycles. The molecule has 0 aromatic carbocycles. The number of hydrogen-bond acceptors (Lipinski definition) is 8. The minimum Gasteiger partial charge on any atom is -0.489 e. The number of aromatic nitrogens is 4. The maximum absolute atomic E-state index is 12.7. The van der Waals surface area contributed by atoms with Gasteiger partial charge in [-0.2, -0.15) is 10.4 Å². The predicted molar refractivity (Wildman–Crippen MR) is 154 cm³/mol. The molecule has 4 aromatic heterocycles. The lowest BCUT2D eigenvalue weighted by Crippen LogP contribution is -2.35. The van der Waals surface area contributed by atoms with Gasteiger partial charge in [-0.05, 0) is 68.9 Å². The van der Waals surface area contributed by atoms with Crippen molar-refractivity contribution in [2.75, 3.05) is 24.6 Å². The molecule has 1 saturated heterocycles. The van der Waals surface area contributed by atoms with E-state index in [4.69, 9.17) is 21.3 Å². The van der Waals surface area contributed by atoms with Crippen LogP contribution in [-0.4, -0.2) is 61.9 Å². The highest BCUT2D eigenvalue weighted by Crippen LogP contribution is 2.40. The van der Waals surface area contributed by atoms with E-state index < -0.39 is 5.60 Å². The fourth-order valence-corrected chi connectivity index (χ4v) is 6.09. The Hall–Kier alpha value is -4.20. The molecule has 6 rings (SSSR count). The maximum Gasteiger partial charge on any atom is 0.271 e. The minimum absolute atomic E-state index is 0.103. The van der Waals surface area contributed by atoms with E-state index in [0.29, 0.717) is 33.7 Å². The quantitative estimate of drug-likeness (QED) is 0.339. The van der Waals surface area contributed by atoms with Crippen molar-refractivity contribution in [3.63, 3.8) is 0 Å². The number of nitrogens with one attached hydrogen (secondary N) is 1. The van der Waals surface area contributed by atoms with Crippen molar-refractivity contribution in [3.05, 3.63) is 71.4 Å². The number of nitrogens with zero attached hydrogens (tertiary/aromatic N) is 6. The zero-order valence-corrected chi connectivity index (χ0v) is 23.5. The first-order valence-electron chi connectivity index (χ1n) is 13.6. The third-order valence-corrected chi connectivity index (χ3v) is 8.05. The number of nitriles is 1. The molecule has 3 atom stereocenters. The van der Waals surface area contributed by atoms with Crippen molar-refractivity contribution in [1.29, 1.82) is 5.26 Å². The smallest absolute Gasteiger partial charge is 0.271 e. The Morgan fingerprint density at radius 3 is 2.66 bits per heavy atom. The van der Waals surface area contributed by atoms with Gasteiger partial charge < -0.3 is 20.1 Å².